The molecule has 3 aromatic rings. The average molecular weight is 423 g/mol. The number of halogens is 1. The first-order valence-electron chi connectivity index (χ1n) is 9.03. The van der Waals surface area contributed by atoms with E-state index in [-0.39, 0.29) is 29.0 Å². The molecule has 1 aromatic heterocycles. The van der Waals surface area contributed by atoms with Crippen molar-refractivity contribution in [2.45, 2.75) is 6.54 Å². The van der Waals surface area contributed by atoms with Crippen molar-refractivity contribution in [1.82, 2.24) is 15.8 Å². The van der Waals surface area contributed by atoms with E-state index in [1.54, 1.807) is 24.5 Å². The van der Waals surface area contributed by atoms with E-state index in [2.05, 4.69) is 20.5 Å². The second-order valence-corrected chi connectivity index (χ2v) is 6.30. The van der Waals surface area contributed by atoms with Crippen LogP contribution in [0.4, 0.5) is 20.6 Å². The van der Waals surface area contributed by atoms with Gasteiger partial charge in [-0.15, -0.1) is 0 Å². The summed E-state index contributed by atoms with van der Waals surface area (Å²) in [5.41, 5.74) is 9.21. The van der Waals surface area contributed by atoms with E-state index in [1.165, 1.54) is 36.4 Å². The highest BCUT2D eigenvalue weighted by Crippen LogP contribution is 2.20. The van der Waals surface area contributed by atoms with Crippen LogP contribution in [0.3, 0.4) is 0 Å². The number of anilines is 2. The predicted octanol–water partition coefficient (Wildman–Crippen LogP) is 2.63. The quantitative estimate of drug-likeness (QED) is 0.368. The summed E-state index contributed by atoms with van der Waals surface area (Å²) in [5.74, 6) is -1.76. The molecule has 9 nitrogen and oxygen atoms in total. The highest BCUT2D eigenvalue weighted by atomic mass is 19.1. The Bertz CT molecular complexity index is 1090. The summed E-state index contributed by atoms with van der Waals surface area (Å²) in [4.78, 5) is 44.6. The maximum Gasteiger partial charge on any atom is 0.431 e. The van der Waals surface area contributed by atoms with Gasteiger partial charge in [0.15, 0.2) is 0 Å². The number of carbonyl (C=O) groups is 3. The first-order chi connectivity index (χ1) is 14.9. The van der Waals surface area contributed by atoms with E-state index in [0.717, 1.165) is 11.6 Å². The largest absolute Gasteiger partial charge is 0.431 e. The maximum atomic E-state index is 13.3. The summed E-state index contributed by atoms with van der Waals surface area (Å²) in [6.45, 7) is 0.183. The number of nitrogens with two attached hydrogens (primary N) is 1. The molecule has 0 atom stereocenters. The van der Waals surface area contributed by atoms with Gasteiger partial charge in [-0.3, -0.25) is 14.6 Å². The van der Waals surface area contributed by atoms with Gasteiger partial charge in [-0.2, -0.15) is 5.48 Å². The Labute approximate surface area is 176 Å². The average Bonchev–Trinajstić information content (AvgIpc) is 2.79. The fraction of sp³-hybridized carbons (Fsp3) is 0.0476. The first kappa shape index (κ1) is 21.2. The lowest BCUT2D eigenvalue weighted by molar-refractivity contribution is 0.0571. The maximum absolute atomic E-state index is 13.3. The van der Waals surface area contributed by atoms with Gasteiger partial charge >= 0.3 is 6.09 Å². The summed E-state index contributed by atoms with van der Waals surface area (Å²) < 4.78 is 13.3. The van der Waals surface area contributed by atoms with Crippen LogP contribution in [0.5, 0.6) is 0 Å². The Morgan fingerprint density at radius 1 is 1.00 bits per heavy atom. The van der Waals surface area contributed by atoms with Crippen LogP contribution in [-0.4, -0.2) is 22.9 Å². The minimum absolute atomic E-state index is 0.137. The summed E-state index contributed by atoms with van der Waals surface area (Å²) in [5, 5.41) is 4.95. The Balaban J connectivity index is 1.50. The molecule has 0 unspecified atom stereocenters. The molecule has 3 rings (SSSR count). The van der Waals surface area contributed by atoms with Gasteiger partial charge in [-0.1, -0.05) is 6.07 Å². The number of aromatic nitrogens is 1. The Kier molecular flexibility index (Phi) is 6.74. The number of amides is 3. The van der Waals surface area contributed by atoms with Gasteiger partial charge in [-0.25, -0.2) is 9.18 Å². The molecular weight excluding hydrogens is 405 g/mol. The molecule has 1 heterocycles. The van der Waals surface area contributed by atoms with Crippen LogP contribution in [0.1, 0.15) is 26.3 Å². The molecule has 0 spiro atoms. The molecule has 158 valence electrons. The Hall–Kier alpha value is -4.47. The molecule has 0 fully saturated rings. The van der Waals surface area contributed by atoms with Crippen molar-refractivity contribution >= 4 is 29.3 Å². The van der Waals surface area contributed by atoms with Crippen molar-refractivity contribution in [2.75, 3.05) is 11.1 Å². The topological polar surface area (TPSA) is 135 Å². The lowest BCUT2D eigenvalue weighted by Crippen LogP contribution is -2.33. The molecule has 3 amide bonds. The molecule has 5 N–H and O–H groups in total. The van der Waals surface area contributed by atoms with E-state index < -0.39 is 23.7 Å². The van der Waals surface area contributed by atoms with Crippen LogP contribution < -0.4 is 21.8 Å². The number of nitrogen functional groups attached to an aromatic ring is 1. The SMILES string of the molecule is Nc1ccc(F)cc1NC(=O)c1ccc(C(=O)NOC(=O)NCc2cccnc2)cc1. The van der Waals surface area contributed by atoms with Crippen LogP contribution in [0.15, 0.2) is 67.0 Å². The third-order valence-electron chi connectivity index (χ3n) is 4.07. The summed E-state index contributed by atoms with van der Waals surface area (Å²) in [7, 11) is 0. The number of nitrogens with zero attached hydrogens (tertiary/aromatic N) is 1. The number of hydrogen-bond acceptors (Lipinski definition) is 6. The van der Waals surface area contributed by atoms with E-state index in [1.807, 2.05) is 5.48 Å². The van der Waals surface area contributed by atoms with Crippen molar-refractivity contribution in [1.29, 1.82) is 0 Å². The molecule has 31 heavy (non-hydrogen) atoms. The Morgan fingerprint density at radius 2 is 1.71 bits per heavy atom. The molecule has 0 aliphatic carbocycles. The van der Waals surface area contributed by atoms with Crippen LogP contribution in [0.2, 0.25) is 0 Å². The minimum atomic E-state index is -0.846. The summed E-state index contributed by atoms with van der Waals surface area (Å²) >= 11 is 0. The first-order valence-corrected chi connectivity index (χ1v) is 9.03. The van der Waals surface area contributed by atoms with E-state index >= 15 is 0 Å². The monoisotopic (exact) mass is 423 g/mol. The van der Waals surface area contributed by atoms with Crippen molar-refractivity contribution < 1.29 is 23.6 Å². The number of rotatable bonds is 5. The number of benzene rings is 2. The second kappa shape index (κ2) is 9.83. The number of nitrogens with one attached hydrogen (secondary N) is 3. The van der Waals surface area contributed by atoms with Crippen LogP contribution >= 0.6 is 0 Å². The van der Waals surface area contributed by atoms with Gasteiger partial charge in [0.05, 0.1) is 11.4 Å². The van der Waals surface area contributed by atoms with Crippen molar-refractivity contribution in [3.63, 3.8) is 0 Å². The molecule has 0 aliphatic heterocycles. The second-order valence-electron chi connectivity index (χ2n) is 6.30. The lowest BCUT2D eigenvalue weighted by atomic mass is 10.1. The standard InChI is InChI=1S/C21H18FN5O4/c22-16-7-8-17(23)18(10-16)26-19(28)14-3-5-15(6-4-14)20(29)27-31-21(30)25-12-13-2-1-9-24-11-13/h1-11H,12,23H2,(H,25,30)(H,26,28)(H,27,29). The van der Waals surface area contributed by atoms with Gasteiger partial charge in [0, 0.05) is 30.1 Å². The minimum Gasteiger partial charge on any atom is -0.397 e. The van der Waals surface area contributed by atoms with Gasteiger partial charge in [0.25, 0.3) is 11.8 Å². The predicted molar refractivity (Wildman–Crippen MR) is 110 cm³/mol. The zero-order chi connectivity index (χ0) is 22.2. The van der Waals surface area contributed by atoms with Gasteiger partial charge in [-0.05, 0) is 54.1 Å². The normalized spacial score (nSPS) is 10.1. The molecule has 0 bridgehead atoms. The van der Waals surface area contributed by atoms with Gasteiger partial charge < -0.3 is 21.2 Å². The Morgan fingerprint density at radius 3 is 2.39 bits per heavy atom. The van der Waals surface area contributed by atoms with E-state index in [4.69, 9.17) is 5.73 Å². The fourth-order valence-corrected chi connectivity index (χ4v) is 2.47. The molecule has 0 saturated carbocycles. The molecule has 0 radical (unpaired) electrons. The summed E-state index contributed by atoms with van der Waals surface area (Å²) in [6.07, 6.45) is 2.34. The lowest BCUT2D eigenvalue weighted by Gasteiger charge is -2.09. The smallest absolute Gasteiger partial charge is 0.397 e. The van der Waals surface area contributed by atoms with Crippen molar-refractivity contribution in [3.8, 4) is 0 Å². The zero-order valence-corrected chi connectivity index (χ0v) is 16.1. The van der Waals surface area contributed by atoms with E-state index in [0.29, 0.717) is 0 Å². The third kappa shape index (κ3) is 6.00. The zero-order valence-electron chi connectivity index (χ0n) is 16.1. The van der Waals surface area contributed by atoms with Gasteiger partial charge in [0.1, 0.15) is 5.82 Å². The number of hydroxylamine groups is 1. The van der Waals surface area contributed by atoms with Gasteiger partial charge in [0.2, 0.25) is 0 Å². The van der Waals surface area contributed by atoms with Crippen molar-refractivity contribution in [2.24, 2.45) is 0 Å². The highest BCUT2D eigenvalue weighted by molar-refractivity contribution is 6.06. The molecule has 2 aromatic carbocycles. The van der Waals surface area contributed by atoms with Crippen LogP contribution in [-0.2, 0) is 11.4 Å². The third-order valence-corrected chi connectivity index (χ3v) is 4.07. The van der Waals surface area contributed by atoms with Crippen LogP contribution in [0, 0.1) is 5.82 Å². The highest BCUT2D eigenvalue weighted by Gasteiger charge is 2.12. The molecule has 0 aliphatic rings. The fourth-order valence-electron chi connectivity index (χ4n) is 2.47. The van der Waals surface area contributed by atoms with Crippen LogP contribution in [0.25, 0.3) is 0 Å². The number of pyridine rings is 1. The molecule has 10 heteroatoms. The molecular formula is C21H18FN5O4. The molecule has 0 saturated heterocycles. The van der Waals surface area contributed by atoms with E-state index in [9.17, 15) is 18.8 Å². The van der Waals surface area contributed by atoms with Crippen molar-refractivity contribution in [3.05, 3.63) is 89.5 Å². The summed E-state index contributed by atoms with van der Waals surface area (Å²) in [6, 6.07) is 12.6. The number of carbonyl (C=O) groups excluding carboxylic acids is 3. The number of hydrogen-bond donors (Lipinski definition) is 4.